The van der Waals surface area contributed by atoms with Gasteiger partial charge in [-0.2, -0.15) is 0 Å². The number of benzene rings is 1. The molecule has 8 nitrogen and oxygen atoms in total. The van der Waals surface area contributed by atoms with Crippen LogP contribution in [0.25, 0.3) is 0 Å². The Morgan fingerprint density at radius 2 is 1.97 bits per heavy atom. The molecule has 1 unspecified atom stereocenters. The Hall–Kier alpha value is -2.77. The third-order valence-electron chi connectivity index (χ3n) is 5.20. The molecule has 0 aliphatic carbocycles. The summed E-state index contributed by atoms with van der Waals surface area (Å²) in [6, 6.07) is 4.49. The summed E-state index contributed by atoms with van der Waals surface area (Å²) in [4.78, 5) is 38.4. The molecule has 1 aliphatic rings. The van der Waals surface area contributed by atoms with E-state index in [2.05, 4.69) is 17.6 Å². The number of hydrogen-bond acceptors (Lipinski definition) is 5. The molecule has 0 bridgehead atoms. The average molecular weight is 420 g/mol. The zero-order valence-corrected chi connectivity index (χ0v) is 18.2. The molecule has 1 fully saturated rings. The van der Waals surface area contributed by atoms with E-state index < -0.39 is 6.04 Å². The zero-order valence-electron chi connectivity index (χ0n) is 18.2. The maximum atomic E-state index is 12.5. The summed E-state index contributed by atoms with van der Waals surface area (Å²) in [5, 5.41) is 5.21. The van der Waals surface area contributed by atoms with Crippen molar-refractivity contribution in [2.45, 2.75) is 51.5 Å². The summed E-state index contributed by atoms with van der Waals surface area (Å²) in [7, 11) is 3.08. The van der Waals surface area contributed by atoms with Crippen LogP contribution in [0, 0.1) is 0 Å². The number of rotatable bonds is 11. The number of carbonyl (C=O) groups excluding carboxylic acids is 3. The predicted octanol–water partition coefficient (Wildman–Crippen LogP) is 2.12. The van der Waals surface area contributed by atoms with Gasteiger partial charge in [0.15, 0.2) is 11.5 Å². The third kappa shape index (κ3) is 6.37. The minimum absolute atomic E-state index is 0.162. The van der Waals surface area contributed by atoms with E-state index in [1.807, 2.05) is 0 Å². The number of likely N-dealkylation sites (tertiary alicyclic amines) is 1. The number of nitrogens with one attached hydrogen (secondary N) is 2. The molecule has 1 aromatic carbocycles. The van der Waals surface area contributed by atoms with Gasteiger partial charge in [-0.3, -0.25) is 14.4 Å². The highest BCUT2D eigenvalue weighted by molar-refractivity contribution is 5.97. The van der Waals surface area contributed by atoms with Crippen LogP contribution in [0.3, 0.4) is 0 Å². The van der Waals surface area contributed by atoms with Crippen molar-refractivity contribution in [3.8, 4) is 11.5 Å². The standard InChI is InChI=1S/C22H33N3O5/c1-4-5-6-7-13-30-18-11-10-16(14-19(18)29-3)21(27)24-15-20(26)25-12-8-9-17(25)22(28)23-2/h10-11,14,17H,4-9,12-13,15H2,1-3H3,(H,23,28)(H,24,27). The molecule has 30 heavy (non-hydrogen) atoms. The van der Waals surface area contributed by atoms with Crippen LogP contribution in [-0.2, 0) is 9.59 Å². The number of nitrogens with zero attached hydrogens (tertiary/aromatic N) is 1. The SMILES string of the molecule is CCCCCCOc1ccc(C(=O)NCC(=O)N2CCCC2C(=O)NC)cc1OC. The van der Waals surface area contributed by atoms with Crippen molar-refractivity contribution in [1.82, 2.24) is 15.5 Å². The Morgan fingerprint density at radius 3 is 2.67 bits per heavy atom. The Bertz CT molecular complexity index is 737. The van der Waals surface area contributed by atoms with E-state index in [0.29, 0.717) is 36.6 Å². The van der Waals surface area contributed by atoms with E-state index >= 15 is 0 Å². The molecule has 166 valence electrons. The van der Waals surface area contributed by atoms with Crippen LogP contribution in [0.15, 0.2) is 18.2 Å². The second-order valence-electron chi connectivity index (χ2n) is 7.32. The first kappa shape index (κ1) is 23.5. The first-order valence-electron chi connectivity index (χ1n) is 10.6. The number of carbonyl (C=O) groups is 3. The van der Waals surface area contributed by atoms with Gasteiger partial charge in [0, 0.05) is 19.2 Å². The number of unbranched alkanes of at least 4 members (excludes halogenated alkanes) is 3. The lowest BCUT2D eigenvalue weighted by Crippen LogP contribution is -2.48. The monoisotopic (exact) mass is 419 g/mol. The molecule has 0 saturated carbocycles. The quantitative estimate of drug-likeness (QED) is 0.536. The predicted molar refractivity (Wildman–Crippen MR) is 114 cm³/mol. The third-order valence-corrected chi connectivity index (χ3v) is 5.20. The molecule has 3 amide bonds. The molecule has 8 heteroatoms. The van der Waals surface area contributed by atoms with Crippen LogP contribution in [-0.4, -0.2) is 62.5 Å². The van der Waals surface area contributed by atoms with Crippen LogP contribution >= 0.6 is 0 Å². The summed E-state index contributed by atoms with van der Waals surface area (Å²) < 4.78 is 11.1. The molecular weight excluding hydrogens is 386 g/mol. The lowest BCUT2D eigenvalue weighted by atomic mass is 10.2. The topological polar surface area (TPSA) is 97.0 Å². The Morgan fingerprint density at radius 1 is 1.17 bits per heavy atom. The first-order chi connectivity index (χ1) is 14.5. The smallest absolute Gasteiger partial charge is 0.251 e. The Balaban J connectivity index is 1.90. The largest absolute Gasteiger partial charge is 0.493 e. The second-order valence-corrected chi connectivity index (χ2v) is 7.32. The van der Waals surface area contributed by atoms with Gasteiger partial charge in [-0.1, -0.05) is 26.2 Å². The summed E-state index contributed by atoms with van der Waals surface area (Å²) in [5.41, 5.74) is 0.377. The van der Waals surface area contributed by atoms with Crippen molar-refractivity contribution in [3.63, 3.8) is 0 Å². The number of methoxy groups -OCH3 is 1. The van der Waals surface area contributed by atoms with Crippen LogP contribution in [0.1, 0.15) is 55.8 Å². The number of ether oxygens (including phenoxy) is 2. The lowest BCUT2D eigenvalue weighted by molar-refractivity contribution is -0.137. The van der Waals surface area contributed by atoms with Crippen molar-refractivity contribution >= 4 is 17.7 Å². The van der Waals surface area contributed by atoms with Crippen molar-refractivity contribution in [1.29, 1.82) is 0 Å². The lowest BCUT2D eigenvalue weighted by Gasteiger charge is -2.23. The number of likely N-dealkylation sites (N-methyl/N-ethyl adjacent to an activating group) is 1. The molecule has 2 N–H and O–H groups in total. The highest BCUT2D eigenvalue weighted by Crippen LogP contribution is 2.28. The molecule has 1 aromatic rings. The second kappa shape index (κ2) is 12.0. The normalized spacial score (nSPS) is 15.6. The Labute approximate surface area is 178 Å². The summed E-state index contributed by atoms with van der Waals surface area (Å²) in [6.07, 6.45) is 5.84. The van der Waals surface area contributed by atoms with Gasteiger partial charge < -0.3 is 25.0 Å². The molecular formula is C22H33N3O5. The fourth-order valence-corrected chi connectivity index (χ4v) is 3.50. The highest BCUT2D eigenvalue weighted by Gasteiger charge is 2.33. The Kier molecular flexibility index (Phi) is 9.44. The van der Waals surface area contributed by atoms with E-state index in [1.165, 1.54) is 24.9 Å². The first-order valence-corrected chi connectivity index (χ1v) is 10.6. The van der Waals surface area contributed by atoms with Gasteiger partial charge in [0.1, 0.15) is 6.04 Å². The number of amides is 3. The molecule has 1 saturated heterocycles. The average Bonchev–Trinajstić information content (AvgIpc) is 3.26. The number of hydrogen-bond donors (Lipinski definition) is 2. The maximum Gasteiger partial charge on any atom is 0.251 e. The van der Waals surface area contributed by atoms with E-state index in [1.54, 1.807) is 25.2 Å². The summed E-state index contributed by atoms with van der Waals surface area (Å²) in [6.45, 7) is 3.11. The van der Waals surface area contributed by atoms with Crippen molar-refractivity contribution < 1.29 is 23.9 Å². The van der Waals surface area contributed by atoms with Crippen LogP contribution in [0.4, 0.5) is 0 Å². The minimum Gasteiger partial charge on any atom is -0.493 e. The van der Waals surface area contributed by atoms with Gasteiger partial charge in [-0.15, -0.1) is 0 Å². The van der Waals surface area contributed by atoms with Crippen molar-refractivity contribution in [3.05, 3.63) is 23.8 Å². The molecule has 1 heterocycles. The van der Waals surface area contributed by atoms with Gasteiger partial charge in [0.05, 0.1) is 20.3 Å². The van der Waals surface area contributed by atoms with E-state index in [9.17, 15) is 14.4 Å². The van der Waals surface area contributed by atoms with Crippen molar-refractivity contribution in [2.75, 3.05) is 33.9 Å². The maximum absolute atomic E-state index is 12.5. The molecule has 1 aliphatic heterocycles. The van der Waals surface area contributed by atoms with Gasteiger partial charge in [0.2, 0.25) is 11.8 Å². The highest BCUT2D eigenvalue weighted by atomic mass is 16.5. The van der Waals surface area contributed by atoms with Gasteiger partial charge in [-0.25, -0.2) is 0 Å². The van der Waals surface area contributed by atoms with E-state index in [-0.39, 0.29) is 24.3 Å². The molecule has 2 rings (SSSR count). The molecule has 0 radical (unpaired) electrons. The zero-order chi connectivity index (χ0) is 21.9. The fourth-order valence-electron chi connectivity index (χ4n) is 3.50. The molecule has 0 spiro atoms. The van der Waals surface area contributed by atoms with Crippen LogP contribution in [0.2, 0.25) is 0 Å². The summed E-state index contributed by atoms with van der Waals surface area (Å²) >= 11 is 0. The van der Waals surface area contributed by atoms with Crippen molar-refractivity contribution in [2.24, 2.45) is 0 Å². The van der Waals surface area contributed by atoms with Gasteiger partial charge in [0.25, 0.3) is 5.91 Å². The van der Waals surface area contributed by atoms with E-state index in [0.717, 1.165) is 19.3 Å². The van der Waals surface area contributed by atoms with Crippen LogP contribution in [0.5, 0.6) is 11.5 Å². The minimum atomic E-state index is -0.465. The van der Waals surface area contributed by atoms with E-state index in [4.69, 9.17) is 9.47 Å². The van der Waals surface area contributed by atoms with Gasteiger partial charge >= 0.3 is 0 Å². The molecule has 1 atom stereocenters. The summed E-state index contributed by atoms with van der Waals surface area (Å²) in [5.74, 6) is 0.235. The molecule has 0 aromatic heterocycles. The fraction of sp³-hybridized carbons (Fsp3) is 0.591. The van der Waals surface area contributed by atoms with Crippen LogP contribution < -0.4 is 20.1 Å². The van der Waals surface area contributed by atoms with Gasteiger partial charge in [-0.05, 0) is 37.5 Å².